The SMILES string of the molecule is C[C@](O)(C#C[C@@](C)(O)c1ccccc1)c1ccccc1. The fraction of sp³-hybridized carbons (Fsp3) is 0.222. The van der Waals surface area contributed by atoms with Crippen molar-refractivity contribution >= 4 is 0 Å². The Morgan fingerprint density at radius 3 is 1.25 bits per heavy atom. The van der Waals surface area contributed by atoms with Crippen molar-refractivity contribution in [2.75, 3.05) is 0 Å². The lowest BCUT2D eigenvalue weighted by molar-refractivity contribution is 0.109. The molecule has 0 radical (unpaired) electrons. The Kier molecular flexibility index (Phi) is 3.94. The monoisotopic (exact) mass is 266 g/mol. The molecule has 0 fully saturated rings. The van der Waals surface area contributed by atoms with Gasteiger partial charge in [-0.1, -0.05) is 72.5 Å². The fourth-order valence-corrected chi connectivity index (χ4v) is 1.91. The van der Waals surface area contributed by atoms with Gasteiger partial charge in [0.05, 0.1) is 0 Å². The van der Waals surface area contributed by atoms with Crippen molar-refractivity contribution in [3.63, 3.8) is 0 Å². The summed E-state index contributed by atoms with van der Waals surface area (Å²) in [7, 11) is 0. The highest BCUT2D eigenvalue weighted by molar-refractivity contribution is 5.36. The third-order valence-corrected chi connectivity index (χ3v) is 3.22. The van der Waals surface area contributed by atoms with Crippen LogP contribution in [-0.4, -0.2) is 10.2 Å². The van der Waals surface area contributed by atoms with Crippen LogP contribution in [-0.2, 0) is 11.2 Å². The molecule has 0 spiro atoms. The normalized spacial score (nSPS) is 16.4. The highest BCUT2D eigenvalue weighted by atomic mass is 16.3. The van der Waals surface area contributed by atoms with Crippen LogP contribution in [0, 0.1) is 11.8 Å². The van der Waals surface area contributed by atoms with Crippen molar-refractivity contribution in [1.29, 1.82) is 0 Å². The maximum absolute atomic E-state index is 10.4. The number of hydrogen-bond acceptors (Lipinski definition) is 2. The zero-order chi connectivity index (χ0) is 14.6. The second kappa shape index (κ2) is 5.50. The molecule has 2 N–H and O–H groups in total. The molecule has 2 heteroatoms. The van der Waals surface area contributed by atoms with Gasteiger partial charge in [-0.3, -0.25) is 0 Å². The summed E-state index contributed by atoms with van der Waals surface area (Å²) in [5, 5.41) is 20.8. The quantitative estimate of drug-likeness (QED) is 0.821. The van der Waals surface area contributed by atoms with Gasteiger partial charge >= 0.3 is 0 Å². The molecule has 20 heavy (non-hydrogen) atoms. The lowest BCUT2D eigenvalue weighted by atomic mass is 9.92. The summed E-state index contributed by atoms with van der Waals surface area (Å²) in [6.45, 7) is 3.24. The molecule has 2 aromatic rings. The van der Waals surface area contributed by atoms with Crippen molar-refractivity contribution in [2.45, 2.75) is 25.0 Å². The minimum atomic E-state index is -1.29. The lowest BCUT2D eigenvalue weighted by Gasteiger charge is -2.20. The van der Waals surface area contributed by atoms with Crippen LogP contribution in [0.3, 0.4) is 0 Å². The third-order valence-electron chi connectivity index (χ3n) is 3.22. The molecule has 0 saturated carbocycles. The van der Waals surface area contributed by atoms with E-state index >= 15 is 0 Å². The zero-order valence-corrected chi connectivity index (χ0v) is 11.7. The van der Waals surface area contributed by atoms with Gasteiger partial charge in [0.25, 0.3) is 0 Å². The van der Waals surface area contributed by atoms with Crippen LogP contribution in [0.5, 0.6) is 0 Å². The molecule has 2 nitrogen and oxygen atoms in total. The Balaban J connectivity index is 2.30. The highest BCUT2D eigenvalue weighted by Crippen LogP contribution is 2.22. The molecule has 0 aliphatic carbocycles. The predicted molar refractivity (Wildman–Crippen MR) is 79.8 cm³/mol. The second-order valence-corrected chi connectivity index (χ2v) is 5.13. The number of benzene rings is 2. The van der Waals surface area contributed by atoms with Crippen LogP contribution in [0.15, 0.2) is 60.7 Å². The van der Waals surface area contributed by atoms with Gasteiger partial charge in [0.15, 0.2) is 0 Å². The Morgan fingerprint density at radius 2 is 0.950 bits per heavy atom. The first-order valence-electron chi connectivity index (χ1n) is 6.52. The molecule has 0 amide bonds. The molecular weight excluding hydrogens is 248 g/mol. The van der Waals surface area contributed by atoms with Gasteiger partial charge < -0.3 is 10.2 Å². The van der Waals surface area contributed by atoms with Gasteiger partial charge in [0.2, 0.25) is 0 Å². The van der Waals surface area contributed by atoms with Crippen molar-refractivity contribution in [1.82, 2.24) is 0 Å². The topological polar surface area (TPSA) is 40.5 Å². The minimum Gasteiger partial charge on any atom is -0.374 e. The van der Waals surface area contributed by atoms with Gasteiger partial charge in [-0.2, -0.15) is 0 Å². The van der Waals surface area contributed by atoms with Gasteiger partial charge in [0, 0.05) is 0 Å². The molecule has 0 bridgehead atoms. The predicted octanol–water partition coefficient (Wildman–Crippen LogP) is 2.81. The largest absolute Gasteiger partial charge is 0.374 e. The van der Waals surface area contributed by atoms with Gasteiger partial charge in [-0.05, 0) is 25.0 Å². The standard InChI is InChI=1S/C18H18O2/c1-17(19,15-9-5-3-6-10-15)13-14-18(2,20)16-11-7-4-8-12-16/h3-12,19-20H,1-2H3/t17-,18+. The molecule has 2 atom stereocenters. The zero-order valence-electron chi connectivity index (χ0n) is 11.7. The summed E-state index contributed by atoms with van der Waals surface area (Å²) in [5.74, 6) is 5.54. The summed E-state index contributed by atoms with van der Waals surface area (Å²) < 4.78 is 0. The molecule has 0 aliphatic rings. The van der Waals surface area contributed by atoms with E-state index in [2.05, 4.69) is 11.8 Å². The Hall–Kier alpha value is -2.08. The van der Waals surface area contributed by atoms with E-state index in [1.165, 1.54) is 0 Å². The first kappa shape index (κ1) is 14.3. The number of rotatable bonds is 2. The first-order valence-corrected chi connectivity index (χ1v) is 6.52. The van der Waals surface area contributed by atoms with E-state index in [1.807, 2.05) is 60.7 Å². The third kappa shape index (κ3) is 3.27. The Morgan fingerprint density at radius 1 is 0.650 bits per heavy atom. The average molecular weight is 266 g/mol. The maximum Gasteiger partial charge on any atom is 0.148 e. The maximum atomic E-state index is 10.4. The van der Waals surface area contributed by atoms with Crippen LogP contribution in [0.1, 0.15) is 25.0 Å². The van der Waals surface area contributed by atoms with Crippen molar-refractivity contribution in [2.24, 2.45) is 0 Å². The number of aliphatic hydroxyl groups is 2. The molecule has 102 valence electrons. The van der Waals surface area contributed by atoms with E-state index < -0.39 is 11.2 Å². The molecule has 0 unspecified atom stereocenters. The Bertz CT molecular complexity index is 561. The molecule has 0 heterocycles. The summed E-state index contributed by atoms with van der Waals surface area (Å²) >= 11 is 0. The fourth-order valence-electron chi connectivity index (χ4n) is 1.91. The van der Waals surface area contributed by atoms with Crippen LogP contribution in [0.25, 0.3) is 0 Å². The molecule has 2 rings (SSSR count). The Labute approximate surface area is 119 Å². The molecule has 0 aromatic heterocycles. The first-order chi connectivity index (χ1) is 9.42. The average Bonchev–Trinajstić information content (AvgIpc) is 2.47. The van der Waals surface area contributed by atoms with E-state index in [1.54, 1.807) is 13.8 Å². The van der Waals surface area contributed by atoms with Crippen molar-refractivity contribution in [3.8, 4) is 11.8 Å². The summed E-state index contributed by atoms with van der Waals surface area (Å²) in [6.07, 6.45) is 0. The molecule has 2 aromatic carbocycles. The van der Waals surface area contributed by atoms with E-state index in [9.17, 15) is 10.2 Å². The minimum absolute atomic E-state index is 0.705. The van der Waals surface area contributed by atoms with Crippen LogP contribution in [0.4, 0.5) is 0 Å². The van der Waals surface area contributed by atoms with Crippen molar-refractivity contribution in [3.05, 3.63) is 71.8 Å². The molecular formula is C18H18O2. The van der Waals surface area contributed by atoms with Crippen LogP contribution >= 0.6 is 0 Å². The summed E-state index contributed by atoms with van der Waals surface area (Å²) in [6, 6.07) is 18.4. The highest BCUT2D eigenvalue weighted by Gasteiger charge is 2.23. The number of hydrogen-bond donors (Lipinski definition) is 2. The van der Waals surface area contributed by atoms with Gasteiger partial charge in [-0.15, -0.1) is 0 Å². The molecule has 0 saturated heterocycles. The lowest BCUT2D eigenvalue weighted by Crippen LogP contribution is -2.23. The van der Waals surface area contributed by atoms with Crippen molar-refractivity contribution < 1.29 is 10.2 Å². The molecule has 0 aliphatic heterocycles. The van der Waals surface area contributed by atoms with Crippen LogP contribution in [0.2, 0.25) is 0 Å². The summed E-state index contributed by atoms with van der Waals surface area (Å²) in [5.41, 5.74) is -1.17. The van der Waals surface area contributed by atoms with E-state index in [0.717, 1.165) is 0 Å². The van der Waals surface area contributed by atoms with Gasteiger partial charge in [0.1, 0.15) is 11.2 Å². The summed E-state index contributed by atoms with van der Waals surface area (Å²) in [4.78, 5) is 0. The van der Waals surface area contributed by atoms with Gasteiger partial charge in [-0.25, -0.2) is 0 Å². The van der Waals surface area contributed by atoms with Crippen LogP contribution < -0.4 is 0 Å². The smallest absolute Gasteiger partial charge is 0.148 e. The van der Waals surface area contributed by atoms with E-state index in [0.29, 0.717) is 11.1 Å². The van der Waals surface area contributed by atoms with E-state index in [4.69, 9.17) is 0 Å². The van der Waals surface area contributed by atoms with E-state index in [-0.39, 0.29) is 0 Å². The second-order valence-electron chi connectivity index (χ2n) is 5.13.